The molecule has 3 aromatic carbocycles. The Kier molecular flexibility index (Phi) is 10.0. The summed E-state index contributed by atoms with van der Waals surface area (Å²) in [4.78, 5) is 32.0. The molecular weight excluding hydrogens is 713 g/mol. The van der Waals surface area contributed by atoms with Crippen LogP contribution in [0.5, 0.6) is 0 Å². The topological polar surface area (TPSA) is 89.9 Å². The number of anilines is 1. The summed E-state index contributed by atoms with van der Waals surface area (Å²) in [6.07, 6.45) is 14.1. The van der Waals surface area contributed by atoms with Crippen molar-refractivity contribution in [2.24, 2.45) is 28.6 Å². The predicted octanol–water partition coefficient (Wildman–Crippen LogP) is 10.9. The van der Waals surface area contributed by atoms with Crippen LogP contribution in [0, 0.1) is 28.6 Å². The van der Waals surface area contributed by atoms with E-state index in [1.807, 2.05) is 59.5 Å². The maximum Gasteiger partial charge on any atom is 0.321 e. The van der Waals surface area contributed by atoms with Crippen molar-refractivity contribution < 1.29 is 19.8 Å². The molecule has 11 rings (SSSR count). The number of para-hydroxylation sites is 1. The normalized spacial score (nSPS) is 32.5. The lowest BCUT2D eigenvalue weighted by atomic mass is 9.49. The maximum absolute atomic E-state index is 14.7. The first kappa shape index (κ1) is 37.8. The fraction of sp³-hybridized carbons (Fsp3) is 0.510. The number of aliphatic hydroxyl groups excluding tert-OH is 1. The molecular formula is C49H58N2O4S. The van der Waals surface area contributed by atoms with Gasteiger partial charge in [0.1, 0.15) is 0 Å². The number of rotatable bonds is 7. The van der Waals surface area contributed by atoms with Gasteiger partial charge in [0.05, 0.1) is 23.1 Å². The Morgan fingerprint density at radius 3 is 2.32 bits per heavy atom. The van der Waals surface area contributed by atoms with E-state index in [-0.39, 0.29) is 29.7 Å². The van der Waals surface area contributed by atoms with Gasteiger partial charge in [0.2, 0.25) is 5.78 Å². The molecule has 0 saturated heterocycles. The minimum Gasteiger partial charge on any atom is -0.393 e. The zero-order chi connectivity index (χ0) is 38.7. The summed E-state index contributed by atoms with van der Waals surface area (Å²) in [5, 5.41) is 28.8. The van der Waals surface area contributed by atoms with Crippen LogP contribution < -0.4 is 5.32 Å². The summed E-state index contributed by atoms with van der Waals surface area (Å²) >= 11 is 1.53. The number of aliphatic hydroxyl groups is 2. The van der Waals surface area contributed by atoms with Gasteiger partial charge in [-0.1, -0.05) is 67.1 Å². The molecule has 6 nitrogen and oxygen atoms in total. The van der Waals surface area contributed by atoms with E-state index in [0.29, 0.717) is 36.2 Å². The molecule has 294 valence electrons. The monoisotopic (exact) mass is 770 g/mol. The first-order valence-electron chi connectivity index (χ1n) is 21.3. The van der Waals surface area contributed by atoms with Crippen molar-refractivity contribution in [3.63, 3.8) is 0 Å². The molecule has 0 radical (unpaired) electrons. The summed E-state index contributed by atoms with van der Waals surface area (Å²) in [7, 11) is 0. The Morgan fingerprint density at radius 1 is 0.875 bits per heavy atom. The number of thiophene rings is 1. The molecule has 1 heterocycles. The van der Waals surface area contributed by atoms with E-state index in [2.05, 4.69) is 49.5 Å². The third-order valence-corrected chi connectivity index (χ3v) is 16.1. The maximum atomic E-state index is 14.7. The highest BCUT2D eigenvalue weighted by Crippen LogP contribution is 2.62. The number of carbonyl (C=O) groups is 2. The second kappa shape index (κ2) is 14.9. The number of nitrogens with one attached hydrogen (secondary N) is 1. The molecule has 1 aromatic heterocycles. The van der Waals surface area contributed by atoms with Gasteiger partial charge in [-0.15, -0.1) is 11.3 Å². The van der Waals surface area contributed by atoms with Crippen LogP contribution in [-0.4, -0.2) is 51.7 Å². The van der Waals surface area contributed by atoms with E-state index in [4.69, 9.17) is 0 Å². The second-order valence-electron chi connectivity index (χ2n) is 19.0. The second-order valence-corrected chi connectivity index (χ2v) is 20.1. The van der Waals surface area contributed by atoms with Crippen molar-refractivity contribution in [1.82, 2.24) is 4.90 Å². The Morgan fingerprint density at radius 2 is 1.59 bits per heavy atom. The van der Waals surface area contributed by atoms with Crippen molar-refractivity contribution in [2.75, 3.05) is 18.4 Å². The highest BCUT2D eigenvalue weighted by atomic mass is 32.1. The number of hydrogen-bond donors (Lipinski definition) is 3. The van der Waals surface area contributed by atoms with Crippen molar-refractivity contribution in [2.45, 2.75) is 115 Å². The largest absolute Gasteiger partial charge is 0.393 e. The highest BCUT2D eigenvalue weighted by Gasteiger charge is 2.59. The summed E-state index contributed by atoms with van der Waals surface area (Å²) in [6.45, 7) is 5.32. The molecule has 5 saturated carbocycles. The number of nitrogens with zero attached hydrogens (tertiary/aromatic N) is 1. The van der Waals surface area contributed by atoms with Crippen LogP contribution in [0.4, 0.5) is 10.5 Å². The number of ketones is 1. The van der Waals surface area contributed by atoms with Crippen LogP contribution in [0.2, 0.25) is 0 Å². The Hall–Kier alpha value is -3.78. The van der Waals surface area contributed by atoms with Gasteiger partial charge in [-0.05, 0) is 166 Å². The molecule has 4 unspecified atom stereocenters. The van der Waals surface area contributed by atoms with E-state index >= 15 is 0 Å². The van der Waals surface area contributed by atoms with Gasteiger partial charge in [-0.2, -0.15) is 0 Å². The molecule has 7 heteroatoms. The van der Waals surface area contributed by atoms with Gasteiger partial charge in [-0.3, -0.25) is 4.79 Å². The molecule has 0 aliphatic heterocycles. The predicted molar refractivity (Wildman–Crippen MR) is 226 cm³/mol. The molecule has 7 aliphatic carbocycles. The summed E-state index contributed by atoms with van der Waals surface area (Å²) in [5.41, 5.74) is 2.92. The van der Waals surface area contributed by atoms with Crippen LogP contribution in [0.3, 0.4) is 0 Å². The SMILES string of the molecule is CC1=CCCC2(C)C(CCC2(O)CN(CC23CC4CC(CC(C4)C2)C3)C(=O)Nc2ccccc2)c2ccc(cc2C(=O)c2cc3ccccc3s2)CC(O)CC1. The van der Waals surface area contributed by atoms with E-state index < -0.39 is 17.1 Å². The lowest BCUT2D eigenvalue weighted by molar-refractivity contribution is -0.0975. The Labute approximate surface area is 336 Å². The van der Waals surface area contributed by atoms with Crippen molar-refractivity contribution in [3.8, 4) is 0 Å². The molecule has 6 bridgehead atoms. The smallest absolute Gasteiger partial charge is 0.321 e. The number of benzene rings is 3. The molecule has 4 aromatic rings. The van der Waals surface area contributed by atoms with Crippen LogP contribution >= 0.6 is 11.3 Å². The van der Waals surface area contributed by atoms with E-state index in [0.717, 1.165) is 70.3 Å². The minimum absolute atomic E-state index is 0.00356. The molecule has 2 amide bonds. The van der Waals surface area contributed by atoms with Crippen molar-refractivity contribution >= 4 is 38.9 Å². The number of allylic oxidation sites excluding steroid dienone is 2. The average Bonchev–Trinajstić information content (AvgIpc) is 3.71. The average molecular weight is 771 g/mol. The van der Waals surface area contributed by atoms with Gasteiger partial charge in [-0.25, -0.2) is 4.79 Å². The number of hydrogen-bond acceptors (Lipinski definition) is 5. The van der Waals surface area contributed by atoms with Crippen molar-refractivity contribution in [3.05, 3.63) is 112 Å². The lowest BCUT2D eigenvalue weighted by Crippen LogP contribution is -2.58. The number of fused-ring (bicyclic) bond motifs is 9. The van der Waals surface area contributed by atoms with Gasteiger partial charge in [0, 0.05) is 27.9 Å². The van der Waals surface area contributed by atoms with Crippen LogP contribution in [0.15, 0.2) is 90.5 Å². The minimum atomic E-state index is -1.18. The fourth-order valence-corrected chi connectivity index (χ4v) is 13.6. The van der Waals surface area contributed by atoms with Gasteiger partial charge < -0.3 is 20.4 Å². The number of urea groups is 1. The first-order chi connectivity index (χ1) is 27.0. The van der Waals surface area contributed by atoms with E-state index in [9.17, 15) is 19.8 Å². The molecule has 0 spiro atoms. The van der Waals surface area contributed by atoms with E-state index in [1.165, 1.54) is 55.4 Å². The van der Waals surface area contributed by atoms with Crippen LogP contribution in [0.1, 0.15) is 123 Å². The number of carbonyl (C=O) groups excluding carboxylic acids is 2. The fourth-order valence-electron chi connectivity index (χ4n) is 12.6. The van der Waals surface area contributed by atoms with Gasteiger partial charge in [0.25, 0.3) is 0 Å². The summed E-state index contributed by atoms with van der Waals surface area (Å²) in [6, 6.07) is 26.0. The summed E-state index contributed by atoms with van der Waals surface area (Å²) in [5.74, 6) is 2.17. The van der Waals surface area contributed by atoms with Crippen LogP contribution in [-0.2, 0) is 6.42 Å². The third-order valence-electron chi connectivity index (χ3n) is 15.0. The van der Waals surface area contributed by atoms with E-state index in [1.54, 1.807) is 0 Å². The molecule has 4 atom stereocenters. The van der Waals surface area contributed by atoms with Gasteiger partial charge in [0.15, 0.2) is 0 Å². The molecule has 3 N–H and O–H groups in total. The highest BCUT2D eigenvalue weighted by molar-refractivity contribution is 7.21. The Balaban J connectivity index is 1.10. The standard InChI is InChI=1S/C49H58N2O4S/c1-32-9-8-19-47(2)42(40-17-15-33(24-39(52)16-14-32)25-41(40)45(53)44-26-37-10-6-7-13-43(37)56-44)18-20-49(47,55)31-51(46(54)50-38-11-4-3-5-12-38)30-48-27-34-21-35(28-48)23-36(22-34)29-48/h3-7,9-13,15,17,25-26,34-36,39,42,52,55H,8,14,16,18-24,27-31H2,1-2H3,(H,50,54). The first-order valence-corrected chi connectivity index (χ1v) is 22.1. The third kappa shape index (κ3) is 7.17. The molecule has 56 heavy (non-hydrogen) atoms. The summed E-state index contributed by atoms with van der Waals surface area (Å²) < 4.78 is 1.08. The quantitative estimate of drug-likeness (QED) is 0.129. The Bertz CT molecular complexity index is 2070. The zero-order valence-corrected chi connectivity index (χ0v) is 34.0. The van der Waals surface area contributed by atoms with Crippen LogP contribution in [0.25, 0.3) is 10.1 Å². The molecule has 5 fully saturated rings. The van der Waals surface area contributed by atoms with Gasteiger partial charge >= 0.3 is 6.03 Å². The number of amides is 2. The van der Waals surface area contributed by atoms with Crippen molar-refractivity contribution in [1.29, 1.82) is 0 Å². The molecule has 7 aliphatic rings. The zero-order valence-electron chi connectivity index (χ0n) is 33.1. The lowest BCUT2D eigenvalue weighted by Gasteiger charge is -2.58.